The summed E-state index contributed by atoms with van der Waals surface area (Å²) in [5.41, 5.74) is 5.94. The molecule has 0 saturated heterocycles. The van der Waals surface area contributed by atoms with Gasteiger partial charge in [-0.3, -0.25) is 9.59 Å². The lowest BCUT2D eigenvalue weighted by Gasteiger charge is -2.19. The molecule has 0 heterocycles. The van der Waals surface area contributed by atoms with Crippen molar-refractivity contribution in [2.75, 3.05) is 0 Å². The zero-order valence-electron chi connectivity index (χ0n) is 12.5. The molecule has 1 rings (SSSR count). The number of hydrogen-bond donors (Lipinski definition) is 3. The molecule has 0 aliphatic rings. The highest BCUT2D eigenvalue weighted by molar-refractivity contribution is 6.35. The summed E-state index contributed by atoms with van der Waals surface area (Å²) in [6, 6.07) is 3.90. The number of hydrogen-bond acceptors (Lipinski definition) is 3. The topological polar surface area (TPSA) is 92.4 Å². The molecule has 0 aliphatic carbocycles. The molecule has 0 fully saturated rings. The second-order valence-corrected chi connectivity index (χ2v) is 6.39. The van der Waals surface area contributed by atoms with Gasteiger partial charge in [-0.15, -0.1) is 0 Å². The molecule has 0 aromatic heterocycles. The second kappa shape index (κ2) is 8.36. The molecule has 0 saturated carbocycles. The Kier molecular flexibility index (Phi) is 7.13. The van der Waals surface area contributed by atoms with Gasteiger partial charge in [0.15, 0.2) is 0 Å². The number of nitrogens with one attached hydrogen (secondary N) is 1. The second-order valence-electron chi connectivity index (χ2n) is 5.55. The first-order valence-electron chi connectivity index (χ1n) is 6.92. The monoisotopic (exact) mass is 346 g/mol. The fourth-order valence-electron chi connectivity index (χ4n) is 1.95. The van der Waals surface area contributed by atoms with E-state index in [0.717, 1.165) is 0 Å². The van der Waals surface area contributed by atoms with Crippen LogP contribution in [-0.4, -0.2) is 29.1 Å². The predicted molar refractivity (Wildman–Crippen MR) is 86.8 cm³/mol. The molecule has 1 aromatic carbocycles. The highest BCUT2D eigenvalue weighted by Crippen LogP contribution is 2.22. The number of aliphatic hydroxyl groups is 1. The van der Waals surface area contributed by atoms with Gasteiger partial charge in [-0.05, 0) is 30.0 Å². The van der Waals surface area contributed by atoms with Gasteiger partial charge in [0, 0.05) is 16.5 Å². The molecular weight excluding hydrogens is 327 g/mol. The summed E-state index contributed by atoms with van der Waals surface area (Å²) in [5, 5.41) is 13.1. The number of carbonyl (C=O) groups is 2. The van der Waals surface area contributed by atoms with Crippen molar-refractivity contribution in [3.8, 4) is 0 Å². The van der Waals surface area contributed by atoms with Crippen LogP contribution in [0.3, 0.4) is 0 Å². The Morgan fingerprint density at radius 3 is 2.45 bits per heavy atom. The smallest absolute Gasteiger partial charge is 0.249 e. The molecule has 7 heteroatoms. The number of halogens is 2. The maximum absolute atomic E-state index is 11.9. The van der Waals surface area contributed by atoms with Crippen LogP contribution in [0.4, 0.5) is 0 Å². The van der Waals surface area contributed by atoms with Crippen LogP contribution in [0.25, 0.3) is 0 Å². The number of primary amides is 1. The largest absolute Gasteiger partial charge is 0.383 e. The Morgan fingerprint density at radius 2 is 1.95 bits per heavy atom. The van der Waals surface area contributed by atoms with Gasteiger partial charge >= 0.3 is 0 Å². The van der Waals surface area contributed by atoms with E-state index in [-0.39, 0.29) is 12.3 Å². The molecule has 0 unspecified atom stereocenters. The van der Waals surface area contributed by atoms with E-state index in [1.165, 1.54) is 0 Å². The molecule has 122 valence electrons. The number of nitrogens with two attached hydrogens (primary N) is 1. The van der Waals surface area contributed by atoms with E-state index in [0.29, 0.717) is 22.0 Å². The standard InChI is InChI=1S/C15H20Cl2N2O3/c1-8(2)5-13(20)15(22)19-12(14(18)21)6-9-3-4-10(16)7-11(9)17/h3-4,7-8,12-13,20H,5-6H2,1-2H3,(H2,18,21)(H,19,22)/t12-,13-/m1/s1. The fourth-order valence-corrected chi connectivity index (χ4v) is 2.44. The minimum Gasteiger partial charge on any atom is -0.383 e. The third kappa shape index (κ3) is 5.83. The lowest BCUT2D eigenvalue weighted by molar-refractivity contribution is -0.133. The van der Waals surface area contributed by atoms with Crippen molar-refractivity contribution >= 4 is 35.0 Å². The third-order valence-corrected chi connectivity index (χ3v) is 3.68. The van der Waals surface area contributed by atoms with Gasteiger partial charge in [0.2, 0.25) is 11.8 Å². The van der Waals surface area contributed by atoms with Gasteiger partial charge in [-0.1, -0.05) is 43.1 Å². The van der Waals surface area contributed by atoms with Crippen LogP contribution >= 0.6 is 23.2 Å². The molecule has 4 N–H and O–H groups in total. The van der Waals surface area contributed by atoms with E-state index in [1.807, 2.05) is 13.8 Å². The average Bonchev–Trinajstić information content (AvgIpc) is 2.39. The van der Waals surface area contributed by atoms with E-state index in [9.17, 15) is 14.7 Å². The van der Waals surface area contributed by atoms with Crippen LogP contribution in [0.2, 0.25) is 10.0 Å². The molecular formula is C15H20Cl2N2O3. The fraction of sp³-hybridized carbons (Fsp3) is 0.467. The summed E-state index contributed by atoms with van der Waals surface area (Å²) in [5.74, 6) is -1.17. The Balaban J connectivity index is 2.78. The van der Waals surface area contributed by atoms with E-state index in [4.69, 9.17) is 28.9 Å². The maximum atomic E-state index is 11.9. The first-order chi connectivity index (χ1) is 10.2. The van der Waals surface area contributed by atoms with Crippen molar-refractivity contribution in [3.05, 3.63) is 33.8 Å². The van der Waals surface area contributed by atoms with Gasteiger partial charge < -0.3 is 16.2 Å². The summed E-state index contributed by atoms with van der Waals surface area (Å²) in [6.45, 7) is 3.77. The molecule has 0 bridgehead atoms. The third-order valence-electron chi connectivity index (χ3n) is 3.10. The normalized spacial score (nSPS) is 13.7. The van der Waals surface area contributed by atoms with E-state index in [2.05, 4.69) is 5.32 Å². The molecule has 2 atom stereocenters. The number of amides is 2. The molecule has 22 heavy (non-hydrogen) atoms. The summed E-state index contributed by atoms with van der Waals surface area (Å²) < 4.78 is 0. The Hall–Kier alpha value is -1.30. The van der Waals surface area contributed by atoms with Crippen LogP contribution in [0.5, 0.6) is 0 Å². The SMILES string of the molecule is CC(C)C[C@@H](O)C(=O)N[C@H](Cc1ccc(Cl)cc1Cl)C(N)=O. The van der Waals surface area contributed by atoms with E-state index in [1.54, 1.807) is 18.2 Å². The van der Waals surface area contributed by atoms with E-state index < -0.39 is 24.0 Å². The summed E-state index contributed by atoms with van der Waals surface area (Å²) in [4.78, 5) is 23.4. The summed E-state index contributed by atoms with van der Waals surface area (Å²) in [6.07, 6.45) is -0.743. The maximum Gasteiger partial charge on any atom is 0.249 e. The van der Waals surface area contributed by atoms with Gasteiger partial charge in [-0.25, -0.2) is 0 Å². The van der Waals surface area contributed by atoms with Crippen LogP contribution in [-0.2, 0) is 16.0 Å². The molecule has 2 amide bonds. The highest BCUT2D eigenvalue weighted by atomic mass is 35.5. The van der Waals surface area contributed by atoms with Crippen molar-refractivity contribution in [1.29, 1.82) is 0 Å². The van der Waals surface area contributed by atoms with Crippen LogP contribution in [0.15, 0.2) is 18.2 Å². The Labute approximate surface area is 139 Å². The average molecular weight is 347 g/mol. The van der Waals surface area contributed by atoms with Crippen molar-refractivity contribution in [1.82, 2.24) is 5.32 Å². The predicted octanol–water partition coefficient (Wildman–Crippen LogP) is 1.91. The number of aliphatic hydroxyl groups excluding tert-OH is 1. The molecule has 0 spiro atoms. The van der Waals surface area contributed by atoms with Crippen LogP contribution < -0.4 is 11.1 Å². The van der Waals surface area contributed by atoms with Gasteiger partial charge in [0.05, 0.1) is 0 Å². The molecule has 1 aromatic rings. The lowest BCUT2D eigenvalue weighted by Crippen LogP contribution is -2.49. The van der Waals surface area contributed by atoms with Crippen LogP contribution in [0.1, 0.15) is 25.8 Å². The van der Waals surface area contributed by atoms with Gasteiger partial charge in [-0.2, -0.15) is 0 Å². The van der Waals surface area contributed by atoms with Crippen molar-refractivity contribution in [3.63, 3.8) is 0 Å². The van der Waals surface area contributed by atoms with Crippen molar-refractivity contribution in [2.24, 2.45) is 11.7 Å². The van der Waals surface area contributed by atoms with Gasteiger partial charge in [0.25, 0.3) is 0 Å². The zero-order valence-corrected chi connectivity index (χ0v) is 14.0. The summed E-state index contributed by atoms with van der Waals surface area (Å²) in [7, 11) is 0. The molecule has 5 nitrogen and oxygen atoms in total. The first-order valence-corrected chi connectivity index (χ1v) is 7.68. The lowest BCUT2D eigenvalue weighted by atomic mass is 10.0. The first kappa shape index (κ1) is 18.7. The Morgan fingerprint density at radius 1 is 1.32 bits per heavy atom. The van der Waals surface area contributed by atoms with Gasteiger partial charge in [0.1, 0.15) is 12.1 Å². The zero-order chi connectivity index (χ0) is 16.9. The quantitative estimate of drug-likeness (QED) is 0.704. The highest BCUT2D eigenvalue weighted by Gasteiger charge is 2.24. The number of carbonyl (C=O) groups excluding carboxylic acids is 2. The number of rotatable bonds is 7. The van der Waals surface area contributed by atoms with Crippen LogP contribution in [0, 0.1) is 5.92 Å². The molecule has 0 radical (unpaired) electrons. The van der Waals surface area contributed by atoms with Crippen molar-refractivity contribution in [2.45, 2.75) is 38.8 Å². The van der Waals surface area contributed by atoms with E-state index >= 15 is 0 Å². The Bertz CT molecular complexity index is 550. The minimum absolute atomic E-state index is 0.130. The minimum atomic E-state index is -1.18. The number of benzene rings is 1. The van der Waals surface area contributed by atoms with Crippen molar-refractivity contribution < 1.29 is 14.7 Å². The summed E-state index contributed by atoms with van der Waals surface area (Å²) >= 11 is 11.9. The molecule has 0 aliphatic heterocycles.